The molecule has 2 aliphatic rings. The van der Waals surface area contributed by atoms with E-state index in [1.165, 1.54) is 17.2 Å². The lowest BCUT2D eigenvalue weighted by Gasteiger charge is -2.37. The molecule has 0 spiro atoms. The number of aliphatic hydroxyl groups excluding tert-OH is 1. The second-order valence-corrected chi connectivity index (χ2v) is 12.7. The van der Waals surface area contributed by atoms with Crippen LogP contribution in [0.4, 0.5) is 0 Å². The minimum absolute atomic E-state index is 0.0664. The van der Waals surface area contributed by atoms with Crippen molar-refractivity contribution in [2.75, 3.05) is 6.61 Å². The van der Waals surface area contributed by atoms with Crippen molar-refractivity contribution in [1.29, 1.82) is 0 Å². The maximum atomic E-state index is 12.0. The normalized spacial score (nSPS) is 28.8. The highest BCUT2D eigenvalue weighted by atomic mass is 28.4. The summed E-state index contributed by atoms with van der Waals surface area (Å²) in [5.74, 6) is -0.634. The van der Waals surface area contributed by atoms with Gasteiger partial charge in [-0.2, -0.15) is 0 Å². The summed E-state index contributed by atoms with van der Waals surface area (Å²) in [7, 11) is -1.95. The van der Waals surface area contributed by atoms with Crippen molar-refractivity contribution < 1.29 is 23.9 Å². The first kappa shape index (κ1) is 19.0. The lowest BCUT2D eigenvalue weighted by atomic mass is 10.1. The highest BCUT2D eigenvalue weighted by Gasteiger charge is 2.45. The van der Waals surface area contributed by atoms with Gasteiger partial charge < -0.3 is 14.3 Å². The third kappa shape index (κ3) is 3.69. The number of carbonyl (C=O) groups excluding carboxylic acids is 2. The molecule has 0 saturated carbocycles. The average Bonchev–Trinajstić information content (AvgIpc) is 2.72. The number of allylic oxidation sites excluding steroid dienone is 1. The number of hydrogen-bond acceptors (Lipinski definition) is 5. The topological polar surface area (TPSA) is 76.1 Å². The molecule has 0 aromatic rings. The molecule has 1 amide bonds. The van der Waals surface area contributed by atoms with E-state index in [0.717, 1.165) is 0 Å². The maximum absolute atomic E-state index is 12.0. The van der Waals surface area contributed by atoms with Crippen molar-refractivity contribution in [1.82, 2.24) is 4.90 Å². The number of carbonyl (C=O) groups is 2. The van der Waals surface area contributed by atoms with Crippen LogP contribution in [0.5, 0.6) is 0 Å². The van der Waals surface area contributed by atoms with Crippen molar-refractivity contribution in [2.45, 2.75) is 63.8 Å². The highest BCUT2D eigenvalue weighted by molar-refractivity contribution is 6.74. The Hall–Kier alpha value is -1.28. The Morgan fingerprint density at radius 3 is 2.58 bits per heavy atom. The van der Waals surface area contributed by atoms with E-state index < -0.39 is 26.8 Å². The van der Waals surface area contributed by atoms with Crippen LogP contribution in [0.1, 0.15) is 27.2 Å². The minimum atomic E-state index is -1.95. The van der Waals surface area contributed by atoms with Gasteiger partial charge in [-0.1, -0.05) is 27.4 Å². The van der Waals surface area contributed by atoms with Gasteiger partial charge >= 0.3 is 0 Å². The van der Waals surface area contributed by atoms with Crippen LogP contribution in [-0.2, 0) is 18.8 Å². The van der Waals surface area contributed by atoms with Gasteiger partial charge in [0, 0.05) is 6.20 Å². The molecule has 0 aromatic carbocycles. The first-order valence-electron chi connectivity index (χ1n) is 8.12. The molecule has 0 radical (unpaired) electrons. The highest BCUT2D eigenvalue weighted by Crippen LogP contribution is 2.38. The summed E-state index contributed by atoms with van der Waals surface area (Å²) in [5.41, 5.74) is 0.497. The molecule has 2 rings (SSSR count). The fourth-order valence-corrected chi connectivity index (χ4v) is 3.34. The molecule has 0 aromatic heterocycles. The number of rotatable bonds is 4. The van der Waals surface area contributed by atoms with Crippen LogP contribution in [0, 0.1) is 0 Å². The Labute approximate surface area is 144 Å². The Balaban J connectivity index is 2.05. The number of nitrogens with zero attached hydrogens (tertiary/aromatic N) is 1. The predicted octanol–water partition coefficient (Wildman–Crippen LogP) is 1.97. The average molecular weight is 353 g/mol. The van der Waals surface area contributed by atoms with Crippen LogP contribution < -0.4 is 0 Å². The van der Waals surface area contributed by atoms with Crippen LogP contribution in [0.3, 0.4) is 0 Å². The fourth-order valence-electron chi connectivity index (χ4n) is 2.34. The minimum Gasteiger partial charge on any atom is -0.414 e. The van der Waals surface area contributed by atoms with Gasteiger partial charge in [-0.3, -0.25) is 14.5 Å². The zero-order valence-corrected chi connectivity index (χ0v) is 16.0. The molecular weight excluding hydrogens is 326 g/mol. The fraction of sp³-hybridized carbons (Fsp3) is 0.647. The molecule has 1 saturated heterocycles. The zero-order valence-electron chi connectivity index (χ0n) is 15.0. The van der Waals surface area contributed by atoms with Crippen LogP contribution in [0.25, 0.3) is 0 Å². The third-order valence-electron chi connectivity index (χ3n) is 5.08. The van der Waals surface area contributed by atoms with Gasteiger partial charge in [-0.25, -0.2) is 0 Å². The molecule has 1 N–H and O–H groups in total. The van der Waals surface area contributed by atoms with Gasteiger partial charge in [0.2, 0.25) is 5.91 Å². The van der Waals surface area contributed by atoms with E-state index in [1.54, 1.807) is 0 Å². The first-order valence-corrected chi connectivity index (χ1v) is 11.0. The largest absolute Gasteiger partial charge is 0.414 e. The van der Waals surface area contributed by atoms with Crippen molar-refractivity contribution >= 4 is 20.0 Å². The molecule has 0 unspecified atom stereocenters. The van der Waals surface area contributed by atoms with E-state index >= 15 is 0 Å². The molecule has 134 valence electrons. The SMILES string of the molecule is C=C1[C@H](CO[Si](C)(C)C(C)(C)C)O[C@H](N2C=CC(=O)CC2=O)[C@@H]1O. The standard InChI is InChI=1S/C17H27NO5Si/c1-11-13(10-22-24(5,6)17(2,3)4)23-16(15(11)21)18-8-7-12(19)9-14(18)20/h7-8,13,15-16,21H,1,9-10H2,2-6H3/t13-,15+,16-/m0/s1. The maximum Gasteiger partial charge on any atom is 0.236 e. The smallest absolute Gasteiger partial charge is 0.236 e. The van der Waals surface area contributed by atoms with E-state index in [4.69, 9.17) is 9.16 Å². The summed E-state index contributed by atoms with van der Waals surface area (Å²) >= 11 is 0. The number of aliphatic hydroxyl groups is 1. The molecule has 1 fully saturated rings. The Kier molecular flexibility index (Phi) is 5.20. The van der Waals surface area contributed by atoms with Gasteiger partial charge in [0.05, 0.1) is 13.0 Å². The summed E-state index contributed by atoms with van der Waals surface area (Å²) < 4.78 is 12.0. The van der Waals surface area contributed by atoms with E-state index in [9.17, 15) is 14.7 Å². The lowest BCUT2D eigenvalue weighted by Crippen LogP contribution is -2.45. The number of ketones is 1. The Bertz CT molecular complexity index is 578. The molecule has 7 heteroatoms. The molecular formula is C17H27NO5Si. The van der Waals surface area contributed by atoms with Crippen LogP contribution in [0.2, 0.25) is 18.1 Å². The van der Waals surface area contributed by atoms with Gasteiger partial charge in [0.25, 0.3) is 0 Å². The van der Waals surface area contributed by atoms with Gasteiger partial charge in [0.15, 0.2) is 20.3 Å². The Morgan fingerprint density at radius 1 is 1.42 bits per heavy atom. The van der Waals surface area contributed by atoms with Crippen LogP contribution in [-0.4, -0.2) is 55.1 Å². The monoisotopic (exact) mass is 353 g/mol. The lowest BCUT2D eigenvalue weighted by molar-refractivity contribution is -0.148. The number of hydrogen-bond donors (Lipinski definition) is 1. The van der Waals surface area contributed by atoms with Crippen LogP contribution in [0.15, 0.2) is 24.4 Å². The van der Waals surface area contributed by atoms with Crippen LogP contribution >= 0.6 is 0 Å². The summed E-state index contributed by atoms with van der Waals surface area (Å²) in [6.07, 6.45) is 0.146. The summed E-state index contributed by atoms with van der Waals surface area (Å²) in [6, 6.07) is 0. The molecule has 2 heterocycles. The molecule has 0 aliphatic carbocycles. The Morgan fingerprint density at radius 2 is 2.04 bits per heavy atom. The summed E-state index contributed by atoms with van der Waals surface area (Å²) in [6.45, 7) is 14.9. The third-order valence-corrected chi connectivity index (χ3v) is 9.58. The van der Waals surface area contributed by atoms with E-state index in [1.807, 2.05) is 0 Å². The second-order valence-electron chi connectivity index (χ2n) is 7.87. The quantitative estimate of drug-likeness (QED) is 0.475. The molecule has 0 bridgehead atoms. The van der Waals surface area contributed by atoms with Gasteiger partial charge in [-0.05, 0) is 29.8 Å². The number of ether oxygens (including phenoxy) is 1. The molecule has 2 aliphatic heterocycles. The van der Waals surface area contributed by atoms with Crippen molar-refractivity contribution in [3.8, 4) is 0 Å². The molecule has 24 heavy (non-hydrogen) atoms. The summed E-state index contributed by atoms with van der Waals surface area (Å²) in [4.78, 5) is 24.6. The zero-order chi connectivity index (χ0) is 18.3. The van der Waals surface area contributed by atoms with E-state index in [-0.39, 0.29) is 23.1 Å². The first-order chi connectivity index (χ1) is 10.9. The number of amides is 1. The van der Waals surface area contributed by atoms with Gasteiger partial charge in [-0.15, -0.1) is 0 Å². The predicted molar refractivity (Wildman–Crippen MR) is 92.6 cm³/mol. The van der Waals surface area contributed by atoms with E-state index in [0.29, 0.717) is 12.2 Å². The van der Waals surface area contributed by atoms with Crippen molar-refractivity contribution in [2.24, 2.45) is 0 Å². The van der Waals surface area contributed by atoms with Crippen molar-refractivity contribution in [3.63, 3.8) is 0 Å². The molecule has 3 atom stereocenters. The summed E-state index contributed by atoms with van der Waals surface area (Å²) in [5, 5.41) is 10.4. The molecule has 6 nitrogen and oxygen atoms in total. The van der Waals surface area contributed by atoms with E-state index in [2.05, 4.69) is 40.4 Å². The van der Waals surface area contributed by atoms with Gasteiger partial charge in [0.1, 0.15) is 12.2 Å². The second kappa shape index (κ2) is 6.55. The van der Waals surface area contributed by atoms with Crippen molar-refractivity contribution in [3.05, 3.63) is 24.4 Å².